The summed E-state index contributed by atoms with van der Waals surface area (Å²) in [4.78, 5) is 26.7. The van der Waals surface area contributed by atoms with Gasteiger partial charge >= 0.3 is 0 Å². The van der Waals surface area contributed by atoms with E-state index in [2.05, 4.69) is 52.8 Å². The molecule has 3 aromatic heterocycles. The van der Waals surface area contributed by atoms with Crippen LogP contribution in [-0.2, 0) is 0 Å². The van der Waals surface area contributed by atoms with Crippen molar-refractivity contribution in [2.24, 2.45) is 0 Å². The van der Waals surface area contributed by atoms with E-state index < -0.39 is 0 Å². The first kappa shape index (κ1) is 53.4. The Labute approximate surface area is 438 Å². The molecule has 3 heterocycles. The fourth-order valence-corrected chi connectivity index (χ4v) is 7.69. The van der Waals surface area contributed by atoms with Gasteiger partial charge in [-0.1, -0.05) is 42.0 Å². The van der Waals surface area contributed by atoms with E-state index in [-0.39, 0.29) is 0 Å². The molecular weight excluding hydrogens is 947 g/mol. The topological polar surface area (TPSA) is 178 Å². The molecule has 16 nitrogen and oxygen atoms in total. The van der Waals surface area contributed by atoms with Crippen LogP contribution in [0.2, 0.25) is 0 Å². The minimum atomic E-state index is 0.495. The number of hydrogen-bond acceptors (Lipinski definition) is 16. The van der Waals surface area contributed by atoms with E-state index in [1.54, 1.807) is 68.4 Å². The van der Waals surface area contributed by atoms with Gasteiger partial charge in [0.25, 0.3) is 0 Å². The van der Waals surface area contributed by atoms with Gasteiger partial charge in [-0.25, -0.2) is 29.9 Å². The number of nitrogens with one attached hydrogen (secondary N) is 3. The molecule has 0 amide bonds. The lowest BCUT2D eigenvalue weighted by atomic mass is 10.1. The Morgan fingerprint density at radius 3 is 1.00 bits per heavy atom. The summed E-state index contributed by atoms with van der Waals surface area (Å²) in [6.45, 7) is 7.94. The molecule has 0 unspecified atom stereocenters. The van der Waals surface area contributed by atoms with E-state index in [9.17, 15) is 0 Å². The van der Waals surface area contributed by atoms with E-state index in [4.69, 9.17) is 33.2 Å². The highest BCUT2D eigenvalue weighted by atomic mass is 16.5. The summed E-state index contributed by atoms with van der Waals surface area (Å²) in [6, 6.07) is 42.8. The highest BCUT2D eigenvalue weighted by Gasteiger charge is 2.15. The number of nitrogens with zero attached hydrogens (tertiary/aromatic N) is 6. The maximum Gasteiger partial charge on any atom is 0.227 e. The third kappa shape index (κ3) is 14.0. The van der Waals surface area contributed by atoms with Crippen LogP contribution in [0.1, 0.15) is 22.3 Å². The monoisotopic (exact) mass is 1010 g/mol. The van der Waals surface area contributed by atoms with Crippen molar-refractivity contribution in [1.29, 1.82) is 0 Å². The number of benzene rings is 6. The van der Waals surface area contributed by atoms with Crippen LogP contribution in [0.4, 0.5) is 34.9 Å². The molecule has 0 saturated carbocycles. The van der Waals surface area contributed by atoms with E-state index in [0.717, 1.165) is 108 Å². The Kier molecular flexibility index (Phi) is 18.4. The molecule has 9 rings (SSSR count). The molecular formula is C59H61N9O7. The lowest BCUT2D eigenvalue weighted by Gasteiger charge is -2.13. The van der Waals surface area contributed by atoms with Crippen LogP contribution in [0, 0.1) is 27.7 Å². The van der Waals surface area contributed by atoms with Gasteiger partial charge in [-0.2, -0.15) is 0 Å². The first-order valence-corrected chi connectivity index (χ1v) is 23.7. The lowest BCUT2D eigenvalue weighted by Crippen LogP contribution is -1.99. The highest BCUT2D eigenvalue weighted by molar-refractivity contribution is 5.70. The summed E-state index contributed by atoms with van der Waals surface area (Å²) >= 11 is 0. The number of para-hydroxylation sites is 1. The summed E-state index contributed by atoms with van der Waals surface area (Å²) in [5, 5.41) is 9.62. The maximum atomic E-state index is 5.45. The van der Waals surface area contributed by atoms with E-state index >= 15 is 0 Å². The molecule has 0 bridgehead atoms. The highest BCUT2D eigenvalue weighted by Crippen LogP contribution is 2.37. The second kappa shape index (κ2) is 25.8. The lowest BCUT2D eigenvalue weighted by molar-refractivity contribution is 0.389. The molecule has 384 valence electrons. The van der Waals surface area contributed by atoms with Crippen molar-refractivity contribution >= 4 is 34.9 Å². The van der Waals surface area contributed by atoms with Crippen LogP contribution in [0.25, 0.3) is 33.8 Å². The fraction of sp³-hybridized carbons (Fsp3) is 0.186. The summed E-state index contributed by atoms with van der Waals surface area (Å²) in [7, 11) is 11.5. The average Bonchev–Trinajstić information content (AvgIpc) is 3.44. The number of rotatable bonds is 16. The molecule has 9 aromatic rings. The molecule has 3 N–H and O–H groups in total. The van der Waals surface area contributed by atoms with Crippen LogP contribution < -0.4 is 49.1 Å². The molecule has 0 aliphatic rings. The second-order valence-electron chi connectivity index (χ2n) is 16.7. The van der Waals surface area contributed by atoms with Crippen molar-refractivity contribution in [3.63, 3.8) is 0 Å². The first-order valence-electron chi connectivity index (χ1n) is 23.7. The van der Waals surface area contributed by atoms with Gasteiger partial charge in [-0.05, 0) is 119 Å². The van der Waals surface area contributed by atoms with Crippen LogP contribution in [0.15, 0.2) is 152 Å². The zero-order valence-corrected chi connectivity index (χ0v) is 44.0. The van der Waals surface area contributed by atoms with Crippen molar-refractivity contribution in [2.45, 2.75) is 27.7 Å². The zero-order chi connectivity index (χ0) is 53.3. The molecule has 0 spiro atoms. The van der Waals surface area contributed by atoms with Crippen molar-refractivity contribution in [3.05, 3.63) is 174 Å². The number of hydrogen-bond donors (Lipinski definition) is 3. The van der Waals surface area contributed by atoms with Crippen molar-refractivity contribution in [1.82, 2.24) is 29.9 Å². The van der Waals surface area contributed by atoms with Gasteiger partial charge in [0.05, 0.1) is 66.9 Å². The molecule has 0 atom stereocenters. The Balaban J connectivity index is 0.000000164. The molecule has 0 fully saturated rings. The molecule has 0 saturated heterocycles. The van der Waals surface area contributed by atoms with Gasteiger partial charge in [-0.3, -0.25) is 0 Å². The molecule has 6 aromatic carbocycles. The van der Waals surface area contributed by atoms with Gasteiger partial charge in [0.1, 0.15) is 40.2 Å². The van der Waals surface area contributed by atoms with Crippen molar-refractivity contribution in [3.8, 4) is 74.0 Å². The fourth-order valence-electron chi connectivity index (χ4n) is 7.69. The second-order valence-corrected chi connectivity index (χ2v) is 16.7. The molecule has 0 aliphatic carbocycles. The van der Waals surface area contributed by atoms with Crippen LogP contribution in [0.3, 0.4) is 0 Å². The summed E-state index contributed by atoms with van der Waals surface area (Å²) < 4.78 is 37.9. The summed E-state index contributed by atoms with van der Waals surface area (Å²) in [5.74, 6) is 6.90. The smallest absolute Gasteiger partial charge is 0.227 e. The maximum absolute atomic E-state index is 5.45. The minimum absolute atomic E-state index is 0.495. The van der Waals surface area contributed by atoms with E-state index in [1.807, 2.05) is 154 Å². The summed E-state index contributed by atoms with van der Waals surface area (Å²) in [5.41, 5.74) is 11.9. The predicted molar refractivity (Wildman–Crippen MR) is 296 cm³/mol. The van der Waals surface area contributed by atoms with Gasteiger partial charge in [0.2, 0.25) is 17.8 Å². The third-order valence-electron chi connectivity index (χ3n) is 11.8. The average molecular weight is 1010 g/mol. The van der Waals surface area contributed by atoms with E-state index in [1.165, 1.54) is 5.56 Å². The zero-order valence-electron chi connectivity index (χ0n) is 44.0. The SMILES string of the molecule is COc1cc(-c2ccnc(Nc3ccc(C)cc3)n2)cc(OC)c1C.COc1cc(-c2ccnc(Nc3ccccc3)n2)cc(OC)c1C.COc1cccc(Nc2nccc(-c3cc(OC)c(C)c(OC)c3)n2)c1. The molecule has 75 heavy (non-hydrogen) atoms. The number of aromatic nitrogens is 6. The predicted octanol–water partition coefficient (Wildman–Crippen LogP) is 13.0. The molecule has 0 aliphatic heterocycles. The van der Waals surface area contributed by atoms with Crippen molar-refractivity contribution < 1.29 is 33.2 Å². The number of ether oxygens (including phenoxy) is 7. The largest absolute Gasteiger partial charge is 0.497 e. The van der Waals surface area contributed by atoms with Crippen molar-refractivity contribution in [2.75, 3.05) is 65.7 Å². The number of anilines is 6. The molecule has 16 heteroatoms. The summed E-state index contributed by atoms with van der Waals surface area (Å²) in [6.07, 6.45) is 5.17. The number of aryl methyl sites for hydroxylation is 1. The standard InChI is InChI=1S/C20H21N3O3.C20H21N3O2.C19H19N3O2/c1-13-18(25-3)10-14(11-19(13)26-4)17-8-9-21-20(23-17)22-15-6-5-7-16(12-15)24-2;1-13-5-7-16(8-6-13)22-20-21-10-9-17(23-20)15-11-18(24-3)14(2)19(12-15)25-4;1-13-17(23-2)11-14(12-18(13)24-3)16-9-10-20-19(22-16)21-15-7-5-4-6-8-15/h5-12H,1-4H3,(H,21,22,23);5-12H,1-4H3,(H,21,22,23);4-12H,1-3H3,(H,20,21,22). The Bertz CT molecular complexity index is 3250. The Hall–Kier alpha value is -9.44. The van der Waals surface area contributed by atoms with Gasteiger partial charge in [0.15, 0.2) is 0 Å². The first-order chi connectivity index (χ1) is 36.4. The van der Waals surface area contributed by atoms with Gasteiger partial charge in [-0.15, -0.1) is 0 Å². The number of methoxy groups -OCH3 is 7. The van der Waals surface area contributed by atoms with Crippen LogP contribution in [-0.4, -0.2) is 79.7 Å². The Morgan fingerprint density at radius 1 is 0.320 bits per heavy atom. The van der Waals surface area contributed by atoms with Crippen LogP contribution in [0.5, 0.6) is 40.2 Å². The third-order valence-corrected chi connectivity index (χ3v) is 11.8. The quantitative estimate of drug-likeness (QED) is 0.0832. The van der Waals surface area contributed by atoms with E-state index in [0.29, 0.717) is 17.8 Å². The molecule has 0 radical (unpaired) electrons. The Morgan fingerprint density at radius 2 is 0.653 bits per heavy atom. The van der Waals surface area contributed by atoms with Gasteiger partial charge < -0.3 is 49.1 Å². The van der Waals surface area contributed by atoms with Crippen LogP contribution >= 0.6 is 0 Å². The van der Waals surface area contributed by atoms with Gasteiger partial charge in [0, 0.05) is 75.1 Å². The normalized spacial score (nSPS) is 10.3. The minimum Gasteiger partial charge on any atom is -0.497 e.